The first-order valence-electron chi connectivity index (χ1n) is 5.62. The lowest BCUT2D eigenvalue weighted by Crippen LogP contribution is -2.28. The largest absolute Gasteiger partial charge is 0.481 e. The summed E-state index contributed by atoms with van der Waals surface area (Å²) in [5.41, 5.74) is 3.85. The van der Waals surface area contributed by atoms with Crippen molar-refractivity contribution in [3.63, 3.8) is 0 Å². The highest BCUT2D eigenvalue weighted by atomic mass is 16.4. The maximum Gasteiger partial charge on any atom is 0.303 e. The van der Waals surface area contributed by atoms with Gasteiger partial charge in [-0.1, -0.05) is 12.1 Å². The van der Waals surface area contributed by atoms with Crippen molar-refractivity contribution in [1.82, 2.24) is 0 Å². The van der Waals surface area contributed by atoms with Crippen LogP contribution in [-0.2, 0) is 11.2 Å². The number of carboxylic acid groups (broad SMARTS) is 1. The first-order chi connectivity index (χ1) is 7.58. The number of hydrogen-bond donors (Lipinski definition) is 1. The maximum absolute atomic E-state index is 10.6. The van der Waals surface area contributed by atoms with Crippen LogP contribution in [-0.4, -0.2) is 24.2 Å². The van der Waals surface area contributed by atoms with Gasteiger partial charge in [-0.25, -0.2) is 0 Å². The molecule has 0 aromatic heterocycles. The lowest BCUT2D eigenvalue weighted by Gasteiger charge is -2.22. The highest BCUT2D eigenvalue weighted by Crippen LogP contribution is 2.33. The third-order valence-corrected chi connectivity index (χ3v) is 3.32. The van der Waals surface area contributed by atoms with E-state index in [0.29, 0.717) is 6.04 Å². The molecule has 86 valence electrons. The van der Waals surface area contributed by atoms with E-state index >= 15 is 0 Å². The van der Waals surface area contributed by atoms with Crippen LogP contribution < -0.4 is 4.90 Å². The van der Waals surface area contributed by atoms with Crippen LogP contribution in [0.15, 0.2) is 18.2 Å². The highest BCUT2D eigenvalue weighted by molar-refractivity contribution is 5.67. The molecular formula is C13H17NO2. The monoisotopic (exact) mass is 219 g/mol. The van der Waals surface area contributed by atoms with Gasteiger partial charge < -0.3 is 10.0 Å². The van der Waals surface area contributed by atoms with Gasteiger partial charge in [0.25, 0.3) is 0 Å². The molecule has 1 unspecified atom stereocenters. The van der Waals surface area contributed by atoms with Gasteiger partial charge in [-0.05, 0) is 37.0 Å². The normalized spacial score (nSPS) is 18.6. The van der Waals surface area contributed by atoms with Gasteiger partial charge in [0.15, 0.2) is 0 Å². The summed E-state index contributed by atoms with van der Waals surface area (Å²) < 4.78 is 0. The van der Waals surface area contributed by atoms with Crippen molar-refractivity contribution in [2.45, 2.75) is 32.2 Å². The van der Waals surface area contributed by atoms with Crippen LogP contribution in [0.1, 0.15) is 24.0 Å². The number of carbonyl (C=O) groups is 1. The molecule has 3 heteroatoms. The van der Waals surface area contributed by atoms with Crippen LogP contribution >= 0.6 is 0 Å². The molecule has 1 atom stereocenters. The van der Waals surface area contributed by atoms with E-state index in [9.17, 15) is 4.79 Å². The molecule has 0 radical (unpaired) electrons. The van der Waals surface area contributed by atoms with Gasteiger partial charge in [0.1, 0.15) is 0 Å². The quantitative estimate of drug-likeness (QED) is 0.847. The van der Waals surface area contributed by atoms with Crippen LogP contribution in [0.2, 0.25) is 0 Å². The summed E-state index contributed by atoms with van der Waals surface area (Å²) in [6, 6.07) is 6.79. The van der Waals surface area contributed by atoms with Crippen molar-refractivity contribution in [2.75, 3.05) is 11.9 Å². The molecule has 2 rings (SSSR count). The number of rotatable bonds is 3. The lowest BCUT2D eigenvalue weighted by molar-refractivity contribution is -0.137. The number of aliphatic carboxylic acids is 1. The van der Waals surface area contributed by atoms with E-state index in [2.05, 4.69) is 37.1 Å². The van der Waals surface area contributed by atoms with Crippen molar-refractivity contribution < 1.29 is 9.90 Å². The second kappa shape index (κ2) is 4.16. The second-order valence-electron chi connectivity index (χ2n) is 4.53. The maximum atomic E-state index is 10.6. The topological polar surface area (TPSA) is 40.5 Å². The minimum absolute atomic E-state index is 0.252. The molecular weight excluding hydrogens is 202 g/mol. The Morgan fingerprint density at radius 3 is 3.00 bits per heavy atom. The molecule has 0 spiro atoms. The van der Waals surface area contributed by atoms with E-state index < -0.39 is 5.97 Å². The fourth-order valence-corrected chi connectivity index (χ4v) is 2.35. The second-order valence-corrected chi connectivity index (χ2v) is 4.53. The van der Waals surface area contributed by atoms with Gasteiger partial charge in [-0.15, -0.1) is 0 Å². The number of aryl methyl sites for hydroxylation is 1. The first-order valence-corrected chi connectivity index (χ1v) is 5.62. The van der Waals surface area contributed by atoms with E-state index in [1.54, 1.807) is 0 Å². The average molecular weight is 219 g/mol. The van der Waals surface area contributed by atoms with Crippen molar-refractivity contribution in [1.29, 1.82) is 0 Å². The Morgan fingerprint density at radius 2 is 2.31 bits per heavy atom. The van der Waals surface area contributed by atoms with Crippen LogP contribution in [0, 0.1) is 6.92 Å². The van der Waals surface area contributed by atoms with Crippen molar-refractivity contribution in [3.8, 4) is 0 Å². The van der Waals surface area contributed by atoms with Crippen LogP contribution in [0.4, 0.5) is 5.69 Å². The lowest BCUT2D eigenvalue weighted by atomic mass is 10.1. The number of anilines is 1. The van der Waals surface area contributed by atoms with Crippen molar-refractivity contribution in [3.05, 3.63) is 29.3 Å². The molecule has 1 aliphatic rings. The Kier molecular flexibility index (Phi) is 2.86. The minimum Gasteiger partial charge on any atom is -0.481 e. The van der Waals surface area contributed by atoms with Gasteiger partial charge >= 0.3 is 5.97 Å². The molecule has 1 heterocycles. The molecule has 0 saturated carbocycles. The number of fused-ring (bicyclic) bond motifs is 1. The SMILES string of the molecule is Cc1ccc2c(c1)N(C)C(CCC(=O)O)C2. The third-order valence-electron chi connectivity index (χ3n) is 3.32. The molecule has 0 fully saturated rings. The Hall–Kier alpha value is -1.51. The average Bonchev–Trinajstić information content (AvgIpc) is 2.53. The van der Waals surface area contributed by atoms with E-state index in [0.717, 1.165) is 12.8 Å². The van der Waals surface area contributed by atoms with Crippen LogP contribution in [0.5, 0.6) is 0 Å². The van der Waals surface area contributed by atoms with Gasteiger partial charge in [0.05, 0.1) is 0 Å². The van der Waals surface area contributed by atoms with Gasteiger partial charge in [-0.3, -0.25) is 4.79 Å². The summed E-state index contributed by atoms with van der Waals surface area (Å²) in [6.45, 7) is 2.08. The Morgan fingerprint density at radius 1 is 1.56 bits per heavy atom. The highest BCUT2D eigenvalue weighted by Gasteiger charge is 2.26. The summed E-state index contributed by atoms with van der Waals surface area (Å²) in [6.07, 6.45) is 1.95. The van der Waals surface area contributed by atoms with Gasteiger partial charge in [0, 0.05) is 25.2 Å². The Bertz CT molecular complexity index is 414. The summed E-state index contributed by atoms with van der Waals surface area (Å²) in [7, 11) is 2.05. The van der Waals surface area contributed by atoms with Crippen LogP contribution in [0.3, 0.4) is 0 Å². The molecule has 0 saturated heterocycles. The van der Waals surface area contributed by atoms with Crippen molar-refractivity contribution in [2.24, 2.45) is 0 Å². The molecule has 1 aromatic carbocycles. The first kappa shape index (κ1) is 11.0. The number of hydrogen-bond acceptors (Lipinski definition) is 2. The molecule has 1 N–H and O–H groups in total. The zero-order chi connectivity index (χ0) is 11.7. The van der Waals surface area contributed by atoms with E-state index in [-0.39, 0.29) is 6.42 Å². The number of carboxylic acids is 1. The fraction of sp³-hybridized carbons (Fsp3) is 0.462. The molecule has 1 aliphatic heterocycles. The number of nitrogens with zero attached hydrogens (tertiary/aromatic N) is 1. The molecule has 3 nitrogen and oxygen atoms in total. The predicted octanol–water partition coefficient (Wildman–Crippen LogP) is 2.22. The zero-order valence-corrected chi connectivity index (χ0v) is 9.73. The van der Waals surface area contributed by atoms with Gasteiger partial charge in [-0.2, -0.15) is 0 Å². The van der Waals surface area contributed by atoms with E-state index in [1.807, 2.05) is 0 Å². The van der Waals surface area contributed by atoms with Crippen molar-refractivity contribution >= 4 is 11.7 Å². The molecule has 16 heavy (non-hydrogen) atoms. The molecule has 0 aliphatic carbocycles. The Labute approximate surface area is 95.7 Å². The molecule has 0 bridgehead atoms. The van der Waals surface area contributed by atoms with Gasteiger partial charge in [0.2, 0.25) is 0 Å². The smallest absolute Gasteiger partial charge is 0.303 e. The Balaban J connectivity index is 2.11. The zero-order valence-electron chi connectivity index (χ0n) is 9.73. The molecule has 1 aromatic rings. The third kappa shape index (κ3) is 2.03. The summed E-state index contributed by atoms with van der Waals surface area (Å²) in [5.74, 6) is -0.708. The van der Waals surface area contributed by atoms with Crippen LogP contribution in [0.25, 0.3) is 0 Å². The summed E-state index contributed by atoms with van der Waals surface area (Å²) in [5, 5.41) is 8.70. The predicted molar refractivity (Wildman–Crippen MR) is 63.9 cm³/mol. The summed E-state index contributed by atoms with van der Waals surface area (Å²) >= 11 is 0. The minimum atomic E-state index is -0.708. The number of benzene rings is 1. The fourth-order valence-electron chi connectivity index (χ4n) is 2.35. The molecule has 0 amide bonds. The van der Waals surface area contributed by atoms with E-state index in [4.69, 9.17) is 5.11 Å². The number of likely N-dealkylation sites (N-methyl/N-ethyl adjacent to an activating group) is 1. The van der Waals surface area contributed by atoms with E-state index in [1.165, 1.54) is 16.8 Å². The standard InChI is InChI=1S/C13H17NO2/c1-9-3-4-10-8-11(5-6-13(15)16)14(2)12(10)7-9/h3-4,7,11H,5-6,8H2,1-2H3,(H,15,16). The summed E-state index contributed by atoms with van der Waals surface area (Å²) in [4.78, 5) is 12.8.